The lowest BCUT2D eigenvalue weighted by Crippen LogP contribution is -2.49. The van der Waals surface area contributed by atoms with Crippen LogP contribution in [0, 0.1) is 0 Å². The molecule has 1 amide bonds. The van der Waals surface area contributed by atoms with Gasteiger partial charge in [0.15, 0.2) is 0 Å². The van der Waals surface area contributed by atoms with Crippen LogP contribution in [0.15, 0.2) is 6.20 Å². The van der Waals surface area contributed by atoms with Crippen LogP contribution < -0.4 is 16.0 Å². The zero-order valence-corrected chi connectivity index (χ0v) is 13.6. The van der Waals surface area contributed by atoms with E-state index in [-0.39, 0.29) is 0 Å². The topological polar surface area (TPSA) is 85.4 Å². The summed E-state index contributed by atoms with van der Waals surface area (Å²) in [5.74, 6) is -1.22. The second kappa shape index (κ2) is 7.29. The smallest absolute Gasteiger partial charge is 0.394 e. The van der Waals surface area contributed by atoms with Crippen LogP contribution >= 0.6 is 0 Å². The van der Waals surface area contributed by atoms with Crippen LogP contribution in [0.5, 0.6) is 0 Å². The van der Waals surface area contributed by atoms with Gasteiger partial charge in [0, 0.05) is 26.7 Å². The van der Waals surface area contributed by atoms with E-state index >= 15 is 0 Å². The molecule has 1 aromatic rings. The number of carbonyl (C=O) groups is 1. The van der Waals surface area contributed by atoms with Crippen molar-refractivity contribution in [2.75, 3.05) is 30.3 Å². The molecule has 136 valence electrons. The quantitative estimate of drug-likeness (QED) is 0.849. The molecule has 1 fully saturated rings. The first kappa shape index (κ1) is 18.4. The highest BCUT2D eigenvalue weighted by atomic mass is 19.4. The first-order chi connectivity index (χ1) is 11.2. The molecule has 1 unspecified atom stereocenters. The summed E-state index contributed by atoms with van der Waals surface area (Å²) < 4.78 is 44.8. The predicted molar refractivity (Wildman–Crippen MR) is 82.5 cm³/mol. The van der Waals surface area contributed by atoms with Crippen molar-refractivity contribution in [2.24, 2.45) is 7.05 Å². The van der Waals surface area contributed by atoms with Crippen LogP contribution in [-0.2, 0) is 16.6 Å². The minimum absolute atomic E-state index is 0.317. The van der Waals surface area contributed by atoms with E-state index in [4.69, 9.17) is 10.5 Å². The zero-order valence-electron chi connectivity index (χ0n) is 13.6. The number of nitrogens with one attached hydrogen (secondary N) is 1. The monoisotopic (exact) mass is 349 g/mol. The fraction of sp³-hybridized carbons (Fsp3) is 0.714. The van der Waals surface area contributed by atoms with E-state index in [1.54, 1.807) is 18.7 Å². The van der Waals surface area contributed by atoms with Gasteiger partial charge in [-0.3, -0.25) is 9.48 Å². The Hall–Kier alpha value is -1.97. The minimum atomic E-state index is -4.91. The van der Waals surface area contributed by atoms with Crippen LogP contribution in [0.1, 0.15) is 19.8 Å². The van der Waals surface area contributed by atoms with Crippen LogP contribution in [0.4, 0.5) is 24.7 Å². The van der Waals surface area contributed by atoms with E-state index in [1.165, 1.54) is 6.20 Å². The molecule has 2 rings (SSSR count). The molecule has 0 aliphatic carbocycles. The van der Waals surface area contributed by atoms with Crippen molar-refractivity contribution in [3.63, 3.8) is 0 Å². The number of ether oxygens (including phenoxy) is 1. The highest BCUT2D eigenvalue weighted by Gasteiger charge is 2.41. The van der Waals surface area contributed by atoms with Crippen molar-refractivity contribution >= 4 is 17.4 Å². The van der Waals surface area contributed by atoms with Crippen LogP contribution in [0.3, 0.4) is 0 Å². The average molecular weight is 349 g/mol. The first-order valence-corrected chi connectivity index (χ1v) is 7.75. The largest absolute Gasteiger partial charge is 0.471 e. The molecule has 2 heterocycles. The third-order valence-corrected chi connectivity index (χ3v) is 4.03. The number of halogens is 3. The standard InChI is InChI=1S/C14H22F3N5O2/c1-3-24-11-5-7-22(12-9(18)8-19-21(12)2)6-4-10(11)20-13(23)14(15,16)17/h8,10-11H,3-7,18H2,1-2H3,(H,20,23)/t10?,11-/m0/s1. The molecule has 0 bridgehead atoms. The molecule has 0 radical (unpaired) electrons. The van der Waals surface area contributed by atoms with Gasteiger partial charge in [-0.1, -0.05) is 0 Å². The van der Waals surface area contributed by atoms with Gasteiger partial charge >= 0.3 is 12.1 Å². The second-order valence-electron chi connectivity index (χ2n) is 5.68. The molecule has 24 heavy (non-hydrogen) atoms. The number of amides is 1. The molecule has 0 aromatic carbocycles. The fourth-order valence-corrected chi connectivity index (χ4v) is 2.95. The van der Waals surface area contributed by atoms with Crippen molar-refractivity contribution in [1.29, 1.82) is 0 Å². The van der Waals surface area contributed by atoms with E-state index in [9.17, 15) is 18.0 Å². The van der Waals surface area contributed by atoms with Gasteiger partial charge in [-0.2, -0.15) is 18.3 Å². The Morgan fingerprint density at radius 1 is 1.46 bits per heavy atom. The van der Waals surface area contributed by atoms with Gasteiger partial charge in [-0.05, 0) is 19.8 Å². The predicted octanol–water partition coefficient (Wildman–Crippen LogP) is 1.05. The number of rotatable bonds is 4. The van der Waals surface area contributed by atoms with E-state index in [2.05, 4.69) is 10.4 Å². The van der Waals surface area contributed by atoms with E-state index < -0.39 is 24.2 Å². The van der Waals surface area contributed by atoms with Gasteiger partial charge in [0.25, 0.3) is 0 Å². The second-order valence-corrected chi connectivity index (χ2v) is 5.68. The molecule has 1 saturated heterocycles. The summed E-state index contributed by atoms with van der Waals surface area (Å²) in [4.78, 5) is 13.2. The molecule has 10 heteroatoms. The van der Waals surface area contributed by atoms with E-state index in [1.807, 2.05) is 4.90 Å². The summed E-state index contributed by atoms with van der Waals surface area (Å²) in [6.45, 7) is 3.12. The highest BCUT2D eigenvalue weighted by molar-refractivity contribution is 5.82. The lowest BCUT2D eigenvalue weighted by atomic mass is 10.1. The zero-order chi connectivity index (χ0) is 17.9. The number of nitrogens with two attached hydrogens (primary N) is 1. The summed E-state index contributed by atoms with van der Waals surface area (Å²) in [6, 6.07) is -0.710. The summed E-state index contributed by atoms with van der Waals surface area (Å²) in [5, 5.41) is 6.14. The lowest BCUT2D eigenvalue weighted by Gasteiger charge is -2.25. The first-order valence-electron chi connectivity index (χ1n) is 7.75. The number of nitrogens with zero attached hydrogens (tertiary/aromatic N) is 3. The maximum absolute atomic E-state index is 12.5. The van der Waals surface area contributed by atoms with Gasteiger partial charge in [0.2, 0.25) is 0 Å². The molecule has 0 saturated carbocycles. The van der Waals surface area contributed by atoms with E-state index in [0.29, 0.717) is 44.0 Å². The molecular formula is C14H22F3N5O2. The minimum Gasteiger partial charge on any atom is -0.394 e. The van der Waals surface area contributed by atoms with Crippen molar-refractivity contribution < 1.29 is 22.7 Å². The Kier molecular flexibility index (Phi) is 5.58. The number of aryl methyl sites for hydroxylation is 1. The van der Waals surface area contributed by atoms with Gasteiger partial charge in [0.05, 0.1) is 24.0 Å². The third-order valence-electron chi connectivity index (χ3n) is 4.03. The Morgan fingerprint density at radius 2 is 2.12 bits per heavy atom. The lowest BCUT2D eigenvalue weighted by molar-refractivity contribution is -0.175. The molecule has 1 aliphatic heterocycles. The van der Waals surface area contributed by atoms with Crippen molar-refractivity contribution in [3.05, 3.63) is 6.20 Å². The maximum Gasteiger partial charge on any atom is 0.471 e. The fourth-order valence-electron chi connectivity index (χ4n) is 2.95. The molecule has 0 spiro atoms. The maximum atomic E-state index is 12.5. The van der Waals surface area contributed by atoms with Gasteiger partial charge in [-0.25, -0.2) is 0 Å². The van der Waals surface area contributed by atoms with Gasteiger partial charge < -0.3 is 20.7 Å². The third kappa shape index (κ3) is 4.11. The van der Waals surface area contributed by atoms with Crippen LogP contribution in [-0.4, -0.2) is 53.7 Å². The number of anilines is 2. The van der Waals surface area contributed by atoms with Gasteiger partial charge in [-0.15, -0.1) is 0 Å². The summed E-state index contributed by atoms with van der Waals surface area (Å²) in [7, 11) is 1.75. The van der Waals surface area contributed by atoms with Crippen LogP contribution in [0.25, 0.3) is 0 Å². The number of hydrogen-bond donors (Lipinski definition) is 2. The highest BCUT2D eigenvalue weighted by Crippen LogP contribution is 2.26. The Bertz CT molecular complexity index is 556. The SMILES string of the molecule is CCO[C@H]1CCN(c2c(N)cnn2C)CCC1NC(=O)C(F)(F)F. The number of aromatic nitrogens is 2. The Balaban J connectivity index is 2.13. The Morgan fingerprint density at radius 3 is 2.67 bits per heavy atom. The summed E-state index contributed by atoms with van der Waals surface area (Å²) >= 11 is 0. The number of alkyl halides is 3. The summed E-state index contributed by atoms with van der Waals surface area (Å²) in [6.07, 6.45) is -3.07. The normalized spacial score (nSPS) is 22.3. The molecule has 1 aliphatic rings. The van der Waals surface area contributed by atoms with Gasteiger partial charge in [0.1, 0.15) is 5.82 Å². The molecule has 2 atom stereocenters. The average Bonchev–Trinajstić information content (AvgIpc) is 2.71. The summed E-state index contributed by atoms with van der Waals surface area (Å²) in [5.41, 5.74) is 6.42. The van der Waals surface area contributed by atoms with Crippen molar-refractivity contribution in [3.8, 4) is 0 Å². The molecule has 3 N–H and O–H groups in total. The number of nitrogen functional groups attached to an aromatic ring is 1. The molecule has 7 nitrogen and oxygen atoms in total. The Labute approximate surface area is 137 Å². The van der Waals surface area contributed by atoms with Crippen LogP contribution in [0.2, 0.25) is 0 Å². The number of carbonyl (C=O) groups excluding carboxylic acids is 1. The van der Waals surface area contributed by atoms with E-state index in [0.717, 1.165) is 0 Å². The molecular weight excluding hydrogens is 327 g/mol. The van der Waals surface area contributed by atoms with Crippen molar-refractivity contribution in [1.82, 2.24) is 15.1 Å². The van der Waals surface area contributed by atoms with Crippen molar-refractivity contribution in [2.45, 2.75) is 38.1 Å². The molecule has 1 aromatic heterocycles. The number of hydrogen-bond acceptors (Lipinski definition) is 5.